The first-order valence-electron chi connectivity index (χ1n) is 12.2. The number of allylic oxidation sites excluding steroid dienone is 1. The van der Waals surface area contributed by atoms with E-state index in [1.54, 1.807) is 37.5 Å². The molecule has 0 radical (unpaired) electrons. The van der Waals surface area contributed by atoms with Crippen molar-refractivity contribution in [2.24, 2.45) is 0 Å². The van der Waals surface area contributed by atoms with Crippen molar-refractivity contribution in [1.82, 2.24) is 5.32 Å². The number of hydrogen-bond acceptors (Lipinski definition) is 6. The van der Waals surface area contributed by atoms with Gasteiger partial charge in [0.25, 0.3) is 5.91 Å². The first-order valence-corrected chi connectivity index (χ1v) is 13.1. The first kappa shape index (κ1) is 26.9. The van der Waals surface area contributed by atoms with Crippen molar-refractivity contribution < 1.29 is 24.2 Å². The summed E-state index contributed by atoms with van der Waals surface area (Å²) in [5.41, 5.74) is 4.64. The Hall–Kier alpha value is -4.17. The van der Waals surface area contributed by atoms with Gasteiger partial charge in [-0.3, -0.25) is 4.79 Å². The number of thioether (sulfide) groups is 1. The van der Waals surface area contributed by atoms with Crippen LogP contribution in [0.25, 0.3) is 6.08 Å². The molecule has 1 aliphatic heterocycles. The third-order valence-electron chi connectivity index (χ3n) is 6.01. The maximum absolute atomic E-state index is 12.7. The SMILES string of the molecule is C=CCc1cc(/C=C2\S[C@@H](Nc3ccc(CC)cc3)NC2=O)cc(OC)c1OCc1ccc(C(=O)O)cc1. The number of nitrogens with one attached hydrogen (secondary N) is 2. The number of aromatic carboxylic acids is 1. The monoisotopic (exact) mass is 530 g/mol. The second kappa shape index (κ2) is 12.4. The van der Waals surface area contributed by atoms with Crippen LogP contribution in [0.2, 0.25) is 0 Å². The molecule has 0 aromatic heterocycles. The number of anilines is 1. The van der Waals surface area contributed by atoms with Crippen LogP contribution in [0.3, 0.4) is 0 Å². The normalized spacial score (nSPS) is 15.7. The van der Waals surface area contributed by atoms with Crippen LogP contribution in [0.4, 0.5) is 5.69 Å². The van der Waals surface area contributed by atoms with E-state index < -0.39 is 5.97 Å². The minimum absolute atomic E-state index is 0.146. The standard InChI is InChI=1S/C30H30N2O5S/c1-4-6-23-15-21(16-25(36-3)27(23)37-18-20-7-11-22(12-8-20)29(34)35)17-26-28(33)32-30(38-26)31-24-13-9-19(5-2)10-14-24/h4,7-17,30-31H,1,5-6,18H2,2-3H3,(H,32,33)(H,34,35)/b26-17-/t30-/m0/s1. The molecule has 3 aromatic rings. The number of methoxy groups -OCH3 is 1. The highest BCUT2D eigenvalue weighted by Crippen LogP contribution is 2.37. The van der Waals surface area contributed by atoms with Crippen LogP contribution in [0.15, 0.2) is 78.2 Å². The van der Waals surface area contributed by atoms with Crippen molar-refractivity contribution >= 4 is 35.4 Å². The van der Waals surface area contributed by atoms with Crippen LogP contribution >= 0.6 is 11.8 Å². The van der Waals surface area contributed by atoms with Crippen molar-refractivity contribution in [3.63, 3.8) is 0 Å². The van der Waals surface area contributed by atoms with Gasteiger partial charge in [0.15, 0.2) is 17.0 Å². The van der Waals surface area contributed by atoms with Gasteiger partial charge in [-0.2, -0.15) is 0 Å². The number of benzene rings is 3. The number of carbonyl (C=O) groups is 2. The molecule has 1 heterocycles. The molecule has 1 aliphatic rings. The molecule has 0 unspecified atom stereocenters. The van der Waals surface area contributed by atoms with E-state index in [-0.39, 0.29) is 23.6 Å². The average Bonchev–Trinajstić information content (AvgIpc) is 3.26. The maximum Gasteiger partial charge on any atom is 0.335 e. The minimum Gasteiger partial charge on any atom is -0.493 e. The number of carboxylic acid groups (broad SMARTS) is 1. The summed E-state index contributed by atoms with van der Waals surface area (Å²) < 4.78 is 11.7. The van der Waals surface area contributed by atoms with Crippen molar-refractivity contribution in [1.29, 1.82) is 0 Å². The lowest BCUT2D eigenvalue weighted by atomic mass is 10.0. The number of hydrogen-bond donors (Lipinski definition) is 3. The Balaban J connectivity index is 1.51. The zero-order valence-corrected chi connectivity index (χ0v) is 22.1. The van der Waals surface area contributed by atoms with Crippen LogP contribution in [-0.2, 0) is 24.2 Å². The fourth-order valence-corrected chi connectivity index (χ4v) is 4.98. The van der Waals surface area contributed by atoms with Crippen LogP contribution < -0.4 is 20.1 Å². The van der Waals surface area contributed by atoms with Gasteiger partial charge in [0.05, 0.1) is 17.6 Å². The summed E-state index contributed by atoms with van der Waals surface area (Å²) in [4.78, 5) is 24.4. The van der Waals surface area contributed by atoms with E-state index in [1.807, 2.05) is 30.3 Å². The Kier molecular flexibility index (Phi) is 8.76. The third kappa shape index (κ3) is 6.58. The molecule has 7 nitrogen and oxygen atoms in total. The maximum atomic E-state index is 12.7. The number of ether oxygens (including phenoxy) is 2. The van der Waals surface area contributed by atoms with Crippen LogP contribution in [0.5, 0.6) is 11.5 Å². The number of carbonyl (C=O) groups excluding carboxylic acids is 1. The molecular weight excluding hydrogens is 500 g/mol. The van der Waals surface area contributed by atoms with E-state index in [4.69, 9.17) is 14.6 Å². The number of amides is 1. The fraction of sp³-hybridized carbons (Fsp3) is 0.200. The van der Waals surface area contributed by atoms with Crippen molar-refractivity contribution in [2.45, 2.75) is 31.9 Å². The molecule has 196 valence electrons. The van der Waals surface area contributed by atoms with E-state index in [2.05, 4.69) is 36.3 Å². The zero-order chi connectivity index (χ0) is 27.1. The molecule has 1 amide bonds. The summed E-state index contributed by atoms with van der Waals surface area (Å²) in [5, 5.41) is 15.4. The topological polar surface area (TPSA) is 96.9 Å². The predicted molar refractivity (Wildman–Crippen MR) is 152 cm³/mol. The highest BCUT2D eigenvalue weighted by molar-refractivity contribution is 8.05. The van der Waals surface area contributed by atoms with Gasteiger partial charge < -0.3 is 25.2 Å². The average molecular weight is 531 g/mol. The van der Waals surface area contributed by atoms with E-state index >= 15 is 0 Å². The minimum atomic E-state index is -0.973. The van der Waals surface area contributed by atoms with Crippen molar-refractivity contribution in [2.75, 3.05) is 12.4 Å². The summed E-state index contributed by atoms with van der Waals surface area (Å²) in [5.74, 6) is -0.00564. The Morgan fingerprint density at radius 1 is 1.13 bits per heavy atom. The lowest BCUT2D eigenvalue weighted by molar-refractivity contribution is -0.116. The molecule has 3 aromatic carbocycles. The Morgan fingerprint density at radius 2 is 1.84 bits per heavy atom. The van der Waals surface area contributed by atoms with Crippen LogP contribution in [0, 0.1) is 0 Å². The number of aryl methyl sites for hydroxylation is 1. The molecule has 3 N–H and O–H groups in total. The number of carboxylic acids is 1. The quantitative estimate of drug-likeness (QED) is 0.211. The van der Waals surface area contributed by atoms with Gasteiger partial charge in [0, 0.05) is 11.3 Å². The molecule has 0 spiro atoms. The second-order valence-corrected chi connectivity index (χ2v) is 9.82. The summed E-state index contributed by atoms with van der Waals surface area (Å²) in [7, 11) is 1.57. The summed E-state index contributed by atoms with van der Waals surface area (Å²) >= 11 is 1.42. The molecule has 1 fully saturated rings. The Morgan fingerprint density at radius 3 is 2.47 bits per heavy atom. The Bertz CT molecular complexity index is 1350. The van der Waals surface area contributed by atoms with Gasteiger partial charge >= 0.3 is 5.97 Å². The third-order valence-corrected chi connectivity index (χ3v) is 7.04. The van der Waals surface area contributed by atoms with Gasteiger partial charge in [-0.15, -0.1) is 6.58 Å². The molecule has 1 saturated heterocycles. The lowest BCUT2D eigenvalue weighted by Gasteiger charge is -2.16. The van der Waals surface area contributed by atoms with Crippen LogP contribution in [-0.4, -0.2) is 29.6 Å². The molecule has 4 rings (SSSR count). The van der Waals surface area contributed by atoms with E-state index in [0.29, 0.717) is 22.8 Å². The first-order chi connectivity index (χ1) is 18.4. The largest absolute Gasteiger partial charge is 0.493 e. The van der Waals surface area contributed by atoms with Gasteiger partial charge in [-0.25, -0.2) is 4.79 Å². The predicted octanol–water partition coefficient (Wildman–Crippen LogP) is 5.86. The molecular formula is C30H30N2O5S. The van der Waals surface area contributed by atoms with E-state index in [0.717, 1.165) is 28.8 Å². The van der Waals surface area contributed by atoms with Gasteiger partial charge in [-0.05, 0) is 72.0 Å². The smallest absolute Gasteiger partial charge is 0.335 e. The highest BCUT2D eigenvalue weighted by atomic mass is 32.2. The van der Waals surface area contributed by atoms with Crippen molar-refractivity contribution in [3.8, 4) is 11.5 Å². The summed E-state index contributed by atoms with van der Waals surface area (Å²) in [6, 6.07) is 18.5. The number of rotatable bonds is 11. The summed E-state index contributed by atoms with van der Waals surface area (Å²) in [6.07, 6.45) is 5.13. The zero-order valence-electron chi connectivity index (χ0n) is 21.3. The van der Waals surface area contributed by atoms with Gasteiger partial charge in [-0.1, -0.05) is 49.0 Å². The summed E-state index contributed by atoms with van der Waals surface area (Å²) in [6.45, 7) is 6.21. The van der Waals surface area contributed by atoms with E-state index in [1.165, 1.54) is 17.3 Å². The fourth-order valence-electron chi connectivity index (χ4n) is 3.99. The Labute approximate surface area is 226 Å². The van der Waals surface area contributed by atoms with Gasteiger partial charge in [0.2, 0.25) is 0 Å². The molecule has 0 bridgehead atoms. The second-order valence-electron chi connectivity index (χ2n) is 8.67. The van der Waals surface area contributed by atoms with Gasteiger partial charge in [0.1, 0.15) is 6.61 Å². The van der Waals surface area contributed by atoms with E-state index in [9.17, 15) is 9.59 Å². The molecule has 1 atom stereocenters. The molecule has 8 heteroatoms. The molecule has 0 aliphatic carbocycles. The highest BCUT2D eigenvalue weighted by Gasteiger charge is 2.27. The lowest BCUT2D eigenvalue weighted by Crippen LogP contribution is -2.30. The van der Waals surface area contributed by atoms with Crippen LogP contribution in [0.1, 0.15) is 39.5 Å². The molecule has 38 heavy (non-hydrogen) atoms. The van der Waals surface area contributed by atoms with Crippen molar-refractivity contribution in [3.05, 3.63) is 106 Å². The molecule has 0 saturated carbocycles.